The Bertz CT molecular complexity index is 911. The molecule has 142 valence electrons. The van der Waals surface area contributed by atoms with Gasteiger partial charge in [-0.05, 0) is 43.5 Å². The van der Waals surface area contributed by atoms with Crippen LogP contribution in [-0.4, -0.2) is 45.6 Å². The standard InChI is InChI=1S/C20H24N4O2S/c25-10-7-19(26)23-20-22-15(13-27-20)12-24-8-5-14(6-9-24)17-11-21-18-4-2-1-3-16(17)18/h1-4,11,13-14,21,25H,5-10,12H2,(H,22,23,26). The molecule has 0 saturated carbocycles. The number of aromatic amines is 1. The average molecular weight is 385 g/mol. The van der Waals surface area contributed by atoms with E-state index in [0.717, 1.165) is 38.2 Å². The number of carbonyl (C=O) groups is 1. The third kappa shape index (κ3) is 4.21. The molecule has 0 atom stereocenters. The SMILES string of the molecule is O=C(CCO)Nc1nc(CN2CCC(c3c[nH]c4ccccc34)CC2)cs1. The van der Waals surface area contributed by atoms with E-state index in [1.54, 1.807) is 0 Å². The largest absolute Gasteiger partial charge is 0.396 e. The number of para-hydroxylation sites is 1. The van der Waals surface area contributed by atoms with E-state index in [0.29, 0.717) is 11.0 Å². The van der Waals surface area contributed by atoms with E-state index in [1.807, 2.05) is 5.38 Å². The van der Waals surface area contributed by atoms with Gasteiger partial charge in [-0.25, -0.2) is 4.98 Å². The monoisotopic (exact) mass is 384 g/mol. The van der Waals surface area contributed by atoms with Crippen molar-refractivity contribution in [1.29, 1.82) is 0 Å². The molecule has 1 aliphatic rings. The van der Waals surface area contributed by atoms with E-state index in [4.69, 9.17) is 5.11 Å². The van der Waals surface area contributed by atoms with Crippen molar-refractivity contribution in [3.63, 3.8) is 0 Å². The lowest BCUT2D eigenvalue weighted by Gasteiger charge is -2.31. The van der Waals surface area contributed by atoms with Crippen LogP contribution >= 0.6 is 11.3 Å². The molecule has 0 unspecified atom stereocenters. The Morgan fingerprint density at radius 1 is 1.33 bits per heavy atom. The molecule has 1 fully saturated rings. The predicted molar refractivity (Wildman–Crippen MR) is 108 cm³/mol. The van der Waals surface area contributed by atoms with Gasteiger partial charge in [0.2, 0.25) is 5.91 Å². The molecule has 3 N–H and O–H groups in total. The van der Waals surface area contributed by atoms with Crippen molar-refractivity contribution >= 4 is 33.3 Å². The Hall–Kier alpha value is -2.22. The van der Waals surface area contributed by atoms with Crippen LogP contribution in [0.25, 0.3) is 10.9 Å². The quantitative estimate of drug-likeness (QED) is 0.609. The zero-order valence-electron chi connectivity index (χ0n) is 15.1. The molecular weight excluding hydrogens is 360 g/mol. The number of H-pyrrole nitrogens is 1. The number of likely N-dealkylation sites (tertiary alicyclic amines) is 1. The van der Waals surface area contributed by atoms with Crippen LogP contribution in [0.15, 0.2) is 35.8 Å². The highest BCUT2D eigenvalue weighted by Gasteiger charge is 2.23. The normalized spacial score (nSPS) is 16.0. The Balaban J connectivity index is 1.32. The molecule has 27 heavy (non-hydrogen) atoms. The number of benzene rings is 1. The molecule has 0 bridgehead atoms. The lowest BCUT2D eigenvalue weighted by molar-refractivity contribution is -0.116. The van der Waals surface area contributed by atoms with Gasteiger partial charge in [-0.1, -0.05) is 18.2 Å². The summed E-state index contributed by atoms with van der Waals surface area (Å²) in [5, 5.41) is 15.5. The molecule has 4 rings (SSSR count). The summed E-state index contributed by atoms with van der Waals surface area (Å²) in [5.74, 6) is 0.402. The van der Waals surface area contributed by atoms with Crippen LogP contribution in [0.1, 0.15) is 36.4 Å². The Labute approximate surface area is 162 Å². The van der Waals surface area contributed by atoms with Crippen LogP contribution in [-0.2, 0) is 11.3 Å². The molecular formula is C20H24N4O2S. The van der Waals surface area contributed by atoms with Gasteiger partial charge >= 0.3 is 0 Å². The van der Waals surface area contributed by atoms with E-state index >= 15 is 0 Å². The fraction of sp³-hybridized carbons (Fsp3) is 0.400. The van der Waals surface area contributed by atoms with Crippen molar-refractivity contribution in [3.8, 4) is 0 Å². The summed E-state index contributed by atoms with van der Waals surface area (Å²) >= 11 is 1.44. The van der Waals surface area contributed by atoms with E-state index in [9.17, 15) is 4.79 Å². The Kier molecular flexibility index (Phi) is 5.52. The molecule has 3 aromatic rings. The third-order valence-electron chi connectivity index (χ3n) is 5.17. The van der Waals surface area contributed by atoms with Crippen molar-refractivity contribution < 1.29 is 9.90 Å². The van der Waals surface area contributed by atoms with Crippen LogP contribution in [0.4, 0.5) is 5.13 Å². The molecule has 0 spiro atoms. The zero-order chi connectivity index (χ0) is 18.6. The van der Waals surface area contributed by atoms with Crippen molar-refractivity contribution in [2.75, 3.05) is 25.0 Å². The summed E-state index contributed by atoms with van der Waals surface area (Å²) in [4.78, 5) is 21.9. The summed E-state index contributed by atoms with van der Waals surface area (Å²) in [6.07, 6.45) is 4.57. The van der Waals surface area contributed by atoms with Crippen LogP contribution in [0.3, 0.4) is 0 Å². The molecule has 1 aliphatic heterocycles. The number of aromatic nitrogens is 2. The summed E-state index contributed by atoms with van der Waals surface area (Å²) in [5.41, 5.74) is 3.64. The van der Waals surface area contributed by atoms with Gasteiger partial charge < -0.3 is 15.4 Å². The topological polar surface area (TPSA) is 81.2 Å². The number of aliphatic hydroxyl groups is 1. The van der Waals surface area contributed by atoms with Gasteiger partial charge in [0.05, 0.1) is 18.7 Å². The summed E-state index contributed by atoms with van der Waals surface area (Å²) in [6, 6.07) is 8.51. The second kappa shape index (κ2) is 8.21. The van der Waals surface area contributed by atoms with Crippen LogP contribution in [0.5, 0.6) is 0 Å². The van der Waals surface area contributed by atoms with E-state index in [1.165, 1.54) is 27.8 Å². The van der Waals surface area contributed by atoms with Gasteiger partial charge in [-0.2, -0.15) is 0 Å². The molecule has 3 heterocycles. The van der Waals surface area contributed by atoms with Crippen molar-refractivity contribution in [2.45, 2.75) is 31.7 Å². The number of hydrogen-bond acceptors (Lipinski definition) is 5. The van der Waals surface area contributed by atoms with Crippen molar-refractivity contribution in [2.24, 2.45) is 0 Å². The third-order valence-corrected chi connectivity index (χ3v) is 5.98. The number of hydrogen-bond donors (Lipinski definition) is 3. The molecule has 1 aromatic carbocycles. The number of nitrogens with one attached hydrogen (secondary N) is 2. The molecule has 2 aromatic heterocycles. The number of anilines is 1. The summed E-state index contributed by atoms with van der Waals surface area (Å²) < 4.78 is 0. The van der Waals surface area contributed by atoms with Gasteiger partial charge in [-0.3, -0.25) is 9.69 Å². The van der Waals surface area contributed by atoms with Crippen molar-refractivity contribution in [3.05, 3.63) is 47.1 Å². The number of aliphatic hydroxyl groups excluding tert-OH is 1. The van der Waals surface area contributed by atoms with Crippen LogP contribution in [0, 0.1) is 0 Å². The highest BCUT2D eigenvalue weighted by atomic mass is 32.1. The maximum atomic E-state index is 11.5. The number of nitrogens with zero attached hydrogens (tertiary/aromatic N) is 2. The number of thiazole rings is 1. The van der Waals surface area contributed by atoms with Crippen molar-refractivity contribution in [1.82, 2.24) is 14.9 Å². The molecule has 0 aliphatic carbocycles. The number of piperidine rings is 1. The first-order valence-corrected chi connectivity index (χ1v) is 10.2. The van der Waals surface area contributed by atoms with Gasteiger partial charge in [-0.15, -0.1) is 11.3 Å². The molecule has 6 nitrogen and oxygen atoms in total. The van der Waals surface area contributed by atoms with Gasteiger partial charge in [0.15, 0.2) is 5.13 Å². The Morgan fingerprint density at radius 3 is 2.96 bits per heavy atom. The van der Waals surface area contributed by atoms with E-state index in [2.05, 4.69) is 50.6 Å². The predicted octanol–water partition coefficient (Wildman–Crippen LogP) is 3.32. The first kappa shape index (κ1) is 18.2. The first-order valence-electron chi connectivity index (χ1n) is 9.36. The van der Waals surface area contributed by atoms with Crippen LogP contribution < -0.4 is 5.32 Å². The fourth-order valence-electron chi connectivity index (χ4n) is 3.78. The van der Waals surface area contributed by atoms with Gasteiger partial charge in [0.1, 0.15) is 0 Å². The molecule has 1 amide bonds. The van der Waals surface area contributed by atoms with Gasteiger partial charge in [0.25, 0.3) is 0 Å². The lowest BCUT2D eigenvalue weighted by Crippen LogP contribution is -2.32. The number of carbonyl (C=O) groups excluding carboxylic acids is 1. The minimum absolute atomic E-state index is 0.107. The maximum Gasteiger partial charge on any atom is 0.228 e. The molecule has 1 saturated heterocycles. The average Bonchev–Trinajstić information content (AvgIpc) is 3.29. The molecule has 7 heteroatoms. The number of amides is 1. The second-order valence-corrected chi connectivity index (χ2v) is 7.86. The van der Waals surface area contributed by atoms with Crippen LogP contribution in [0.2, 0.25) is 0 Å². The maximum absolute atomic E-state index is 11.5. The number of rotatable bonds is 6. The minimum Gasteiger partial charge on any atom is -0.396 e. The summed E-state index contributed by atoms with van der Waals surface area (Å²) in [7, 11) is 0. The lowest BCUT2D eigenvalue weighted by atomic mass is 9.89. The smallest absolute Gasteiger partial charge is 0.228 e. The van der Waals surface area contributed by atoms with E-state index < -0.39 is 0 Å². The molecule has 0 radical (unpaired) electrons. The van der Waals surface area contributed by atoms with E-state index in [-0.39, 0.29) is 18.9 Å². The fourth-order valence-corrected chi connectivity index (χ4v) is 4.50. The highest BCUT2D eigenvalue weighted by Crippen LogP contribution is 2.33. The number of fused-ring (bicyclic) bond motifs is 1. The Morgan fingerprint density at radius 2 is 2.15 bits per heavy atom. The second-order valence-electron chi connectivity index (χ2n) is 7.01. The zero-order valence-corrected chi connectivity index (χ0v) is 16.0. The summed E-state index contributed by atoms with van der Waals surface area (Å²) in [6.45, 7) is 2.77. The first-order chi connectivity index (χ1) is 13.2. The van der Waals surface area contributed by atoms with Gasteiger partial charge in [0, 0.05) is 29.0 Å². The highest BCUT2D eigenvalue weighted by molar-refractivity contribution is 7.13. The minimum atomic E-state index is -0.196.